The van der Waals surface area contributed by atoms with Crippen molar-refractivity contribution in [3.05, 3.63) is 95.6 Å². The minimum Gasteiger partial charge on any atom is -0.379 e. The first-order valence-corrected chi connectivity index (χ1v) is 10.7. The third-order valence-corrected chi connectivity index (χ3v) is 5.67. The van der Waals surface area contributed by atoms with Gasteiger partial charge in [-0.05, 0) is 56.2 Å². The van der Waals surface area contributed by atoms with Crippen LogP contribution >= 0.6 is 0 Å². The number of nitrogens with one attached hydrogen (secondary N) is 1. The molecular formula is C23H23NO4S. The van der Waals surface area contributed by atoms with Crippen molar-refractivity contribution in [2.24, 2.45) is 0 Å². The van der Waals surface area contributed by atoms with Crippen LogP contribution in [-0.4, -0.2) is 20.4 Å². The van der Waals surface area contributed by atoms with E-state index in [2.05, 4.69) is 5.32 Å². The van der Waals surface area contributed by atoms with E-state index in [4.69, 9.17) is 4.18 Å². The lowest BCUT2D eigenvalue weighted by Gasteiger charge is -2.17. The van der Waals surface area contributed by atoms with Gasteiger partial charge in [-0.3, -0.25) is 4.79 Å². The molecule has 0 fully saturated rings. The highest BCUT2D eigenvalue weighted by Gasteiger charge is 2.19. The maximum atomic E-state index is 12.6. The van der Waals surface area contributed by atoms with Crippen LogP contribution in [0, 0.1) is 6.92 Å². The minimum absolute atomic E-state index is 0.100. The molecule has 0 bridgehead atoms. The van der Waals surface area contributed by atoms with Crippen LogP contribution in [0.3, 0.4) is 0 Å². The number of aryl methyl sites for hydroxylation is 1. The van der Waals surface area contributed by atoms with E-state index in [-0.39, 0.29) is 22.6 Å². The third-order valence-electron chi connectivity index (χ3n) is 4.42. The first kappa shape index (κ1) is 20.6. The molecule has 6 heteroatoms. The summed E-state index contributed by atoms with van der Waals surface area (Å²) >= 11 is 0. The number of hydrogen-bond donors (Lipinski definition) is 1. The maximum absolute atomic E-state index is 12.6. The van der Waals surface area contributed by atoms with E-state index in [1.54, 1.807) is 54.6 Å². The van der Waals surface area contributed by atoms with Crippen LogP contribution in [0.1, 0.15) is 28.4 Å². The molecule has 0 aliphatic carbocycles. The summed E-state index contributed by atoms with van der Waals surface area (Å²) in [5, 5.41) is 2.93. The third kappa shape index (κ3) is 5.45. The summed E-state index contributed by atoms with van der Waals surface area (Å²) in [6, 6.07) is 22.2. The quantitative estimate of drug-likeness (QED) is 0.596. The summed E-state index contributed by atoms with van der Waals surface area (Å²) in [7, 11) is -3.94. The molecule has 1 amide bonds. The maximum Gasteiger partial charge on any atom is 0.339 e. The van der Waals surface area contributed by atoms with Gasteiger partial charge in [0.25, 0.3) is 5.91 Å². The van der Waals surface area contributed by atoms with E-state index in [1.807, 2.05) is 26.0 Å². The molecule has 0 saturated carbocycles. The van der Waals surface area contributed by atoms with Gasteiger partial charge in [0.05, 0.1) is 0 Å². The Morgan fingerprint density at radius 2 is 1.55 bits per heavy atom. The van der Waals surface area contributed by atoms with Crippen LogP contribution in [0.2, 0.25) is 0 Å². The van der Waals surface area contributed by atoms with Crippen molar-refractivity contribution in [3.63, 3.8) is 0 Å². The largest absolute Gasteiger partial charge is 0.379 e. The zero-order valence-electron chi connectivity index (χ0n) is 16.3. The molecule has 1 unspecified atom stereocenters. The molecule has 29 heavy (non-hydrogen) atoms. The standard InChI is InChI=1S/C23H23NO4S/c1-17-12-14-21(15-13-17)29(26,27)28-22-11-7-6-10-20(22)16-18(2)24-23(25)19-8-4-3-5-9-19/h3-15,18H,16H2,1-2H3,(H,24,25). The van der Waals surface area contributed by atoms with Gasteiger partial charge >= 0.3 is 10.1 Å². The zero-order valence-corrected chi connectivity index (χ0v) is 17.1. The van der Waals surface area contributed by atoms with Crippen LogP contribution < -0.4 is 9.50 Å². The van der Waals surface area contributed by atoms with E-state index < -0.39 is 10.1 Å². The Hall–Kier alpha value is -3.12. The average Bonchev–Trinajstić information content (AvgIpc) is 2.70. The van der Waals surface area contributed by atoms with Crippen LogP contribution in [0.25, 0.3) is 0 Å². The van der Waals surface area contributed by atoms with Crippen LogP contribution in [-0.2, 0) is 16.5 Å². The predicted molar refractivity (Wildman–Crippen MR) is 113 cm³/mol. The van der Waals surface area contributed by atoms with Crippen molar-refractivity contribution >= 4 is 16.0 Å². The van der Waals surface area contributed by atoms with Gasteiger partial charge in [0.2, 0.25) is 0 Å². The first-order chi connectivity index (χ1) is 13.8. The van der Waals surface area contributed by atoms with Crippen LogP contribution in [0.4, 0.5) is 0 Å². The van der Waals surface area contributed by atoms with Crippen molar-refractivity contribution in [3.8, 4) is 5.75 Å². The second-order valence-electron chi connectivity index (χ2n) is 6.90. The number of carbonyl (C=O) groups is 1. The highest BCUT2D eigenvalue weighted by atomic mass is 32.2. The molecule has 1 N–H and O–H groups in total. The van der Waals surface area contributed by atoms with Crippen LogP contribution in [0.5, 0.6) is 5.75 Å². The minimum atomic E-state index is -3.94. The van der Waals surface area contributed by atoms with E-state index in [0.717, 1.165) is 5.56 Å². The molecule has 150 valence electrons. The summed E-state index contributed by atoms with van der Waals surface area (Å²) in [5.41, 5.74) is 2.24. The van der Waals surface area contributed by atoms with Crippen LogP contribution in [0.15, 0.2) is 83.8 Å². The van der Waals surface area contributed by atoms with Crippen molar-refractivity contribution in [1.29, 1.82) is 0 Å². The molecule has 0 aliphatic rings. The molecule has 0 aromatic heterocycles. The molecular weight excluding hydrogens is 386 g/mol. The summed E-state index contributed by atoms with van der Waals surface area (Å²) in [5.74, 6) is 0.0812. The van der Waals surface area contributed by atoms with Crippen molar-refractivity contribution in [1.82, 2.24) is 5.32 Å². The molecule has 0 saturated heterocycles. The number of rotatable bonds is 7. The average molecular weight is 410 g/mol. The lowest BCUT2D eigenvalue weighted by Crippen LogP contribution is -2.34. The highest BCUT2D eigenvalue weighted by molar-refractivity contribution is 7.87. The van der Waals surface area contributed by atoms with Crippen molar-refractivity contribution in [2.45, 2.75) is 31.2 Å². The van der Waals surface area contributed by atoms with Gasteiger partial charge in [-0.15, -0.1) is 0 Å². The highest BCUT2D eigenvalue weighted by Crippen LogP contribution is 2.24. The van der Waals surface area contributed by atoms with Gasteiger partial charge in [-0.2, -0.15) is 8.42 Å². The fourth-order valence-electron chi connectivity index (χ4n) is 2.90. The van der Waals surface area contributed by atoms with Gasteiger partial charge in [0, 0.05) is 11.6 Å². The Kier molecular flexibility index (Phi) is 6.34. The van der Waals surface area contributed by atoms with Gasteiger partial charge in [0.15, 0.2) is 0 Å². The first-order valence-electron chi connectivity index (χ1n) is 9.30. The topological polar surface area (TPSA) is 72.5 Å². The Labute approximate surface area is 171 Å². The Bertz CT molecular complexity index is 1080. The number of benzene rings is 3. The number of amides is 1. The fourth-order valence-corrected chi connectivity index (χ4v) is 3.87. The number of carbonyl (C=O) groups excluding carboxylic acids is 1. The predicted octanol–water partition coefficient (Wildman–Crippen LogP) is 4.12. The number of hydrogen-bond acceptors (Lipinski definition) is 4. The fraction of sp³-hybridized carbons (Fsp3) is 0.174. The molecule has 5 nitrogen and oxygen atoms in total. The summed E-state index contributed by atoms with van der Waals surface area (Å²) in [6.45, 7) is 3.75. The van der Waals surface area contributed by atoms with Crippen molar-refractivity contribution < 1.29 is 17.4 Å². The van der Waals surface area contributed by atoms with E-state index in [0.29, 0.717) is 17.5 Å². The molecule has 3 rings (SSSR count). The van der Waals surface area contributed by atoms with Gasteiger partial charge in [0.1, 0.15) is 10.6 Å². The lowest BCUT2D eigenvalue weighted by molar-refractivity contribution is 0.0940. The lowest BCUT2D eigenvalue weighted by atomic mass is 10.1. The van der Waals surface area contributed by atoms with E-state index in [1.165, 1.54) is 12.1 Å². The van der Waals surface area contributed by atoms with E-state index >= 15 is 0 Å². The molecule has 0 heterocycles. The van der Waals surface area contributed by atoms with E-state index in [9.17, 15) is 13.2 Å². The number of para-hydroxylation sites is 1. The van der Waals surface area contributed by atoms with Gasteiger partial charge in [-0.1, -0.05) is 54.1 Å². The Morgan fingerprint density at radius 3 is 2.24 bits per heavy atom. The second-order valence-corrected chi connectivity index (χ2v) is 8.45. The normalized spacial score (nSPS) is 12.2. The smallest absolute Gasteiger partial charge is 0.339 e. The Morgan fingerprint density at radius 1 is 0.931 bits per heavy atom. The monoisotopic (exact) mass is 409 g/mol. The second kappa shape index (κ2) is 8.92. The van der Waals surface area contributed by atoms with Gasteiger partial charge < -0.3 is 9.50 Å². The van der Waals surface area contributed by atoms with Gasteiger partial charge in [-0.25, -0.2) is 0 Å². The van der Waals surface area contributed by atoms with Crippen molar-refractivity contribution in [2.75, 3.05) is 0 Å². The molecule has 3 aromatic rings. The molecule has 3 aromatic carbocycles. The zero-order chi connectivity index (χ0) is 20.9. The molecule has 0 aliphatic heterocycles. The molecule has 1 atom stereocenters. The summed E-state index contributed by atoms with van der Waals surface area (Å²) in [4.78, 5) is 12.4. The summed E-state index contributed by atoms with van der Waals surface area (Å²) in [6.07, 6.45) is 0.429. The SMILES string of the molecule is Cc1ccc(S(=O)(=O)Oc2ccccc2CC(C)NC(=O)c2ccccc2)cc1. The summed E-state index contributed by atoms with van der Waals surface area (Å²) < 4.78 is 30.7. The Balaban J connectivity index is 1.73. The molecule has 0 spiro atoms. The molecule has 0 radical (unpaired) electrons.